The molecule has 0 radical (unpaired) electrons. The highest BCUT2D eigenvalue weighted by Gasteiger charge is 2.20. The van der Waals surface area contributed by atoms with Crippen LogP contribution in [0, 0.1) is 0 Å². The maximum atomic E-state index is 12.9. The van der Waals surface area contributed by atoms with Crippen molar-refractivity contribution in [3.8, 4) is 11.5 Å². The van der Waals surface area contributed by atoms with E-state index in [4.69, 9.17) is 9.47 Å². The van der Waals surface area contributed by atoms with Crippen molar-refractivity contribution in [1.82, 2.24) is 0 Å². The summed E-state index contributed by atoms with van der Waals surface area (Å²) in [6.07, 6.45) is 0. The van der Waals surface area contributed by atoms with Crippen LogP contribution < -0.4 is 14.2 Å². The van der Waals surface area contributed by atoms with Crippen molar-refractivity contribution >= 4 is 21.5 Å². The molecule has 0 saturated carbocycles. The van der Waals surface area contributed by atoms with Crippen molar-refractivity contribution in [2.45, 2.75) is 4.90 Å². The van der Waals surface area contributed by atoms with Gasteiger partial charge in [-0.05, 0) is 42.5 Å². The van der Waals surface area contributed by atoms with E-state index in [0.717, 1.165) is 0 Å². The predicted molar refractivity (Wildman–Crippen MR) is 107 cm³/mol. The van der Waals surface area contributed by atoms with E-state index in [1.165, 1.54) is 38.5 Å². The van der Waals surface area contributed by atoms with Gasteiger partial charge in [0, 0.05) is 5.56 Å². The van der Waals surface area contributed by atoms with Gasteiger partial charge in [-0.1, -0.05) is 30.3 Å². The topological polar surface area (TPSA) is 81.7 Å². The third-order valence-corrected chi connectivity index (χ3v) is 5.50. The minimum atomic E-state index is -3.89. The summed E-state index contributed by atoms with van der Waals surface area (Å²) < 4.78 is 38.3. The molecule has 7 heteroatoms. The second kappa shape index (κ2) is 8.14. The van der Waals surface area contributed by atoms with Crippen LogP contribution >= 0.6 is 0 Å². The van der Waals surface area contributed by atoms with Gasteiger partial charge >= 0.3 is 0 Å². The first-order valence-corrected chi connectivity index (χ1v) is 9.87. The van der Waals surface area contributed by atoms with E-state index in [2.05, 4.69) is 4.72 Å². The van der Waals surface area contributed by atoms with Gasteiger partial charge in [0.05, 0.1) is 30.4 Å². The molecule has 144 valence electrons. The Kier molecular flexibility index (Phi) is 5.65. The Morgan fingerprint density at radius 1 is 0.821 bits per heavy atom. The van der Waals surface area contributed by atoms with E-state index < -0.39 is 10.0 Å². The highest BCUT2D eigenvalue weighted by atomic mass is 32.2. The molecular formula is C21H19NO5S. The number of benzene rings is 3. The van der Waals surface area contributed by atoms with Crippen LogP contribution in [0.15, 0.2) is 77.7 Å². The number of hydrogen-bond acceptors (Lipinski definition) is 5. The maximum Gasteiger partial charge on any atom is 0.261 e. The summed E-state index contributed by atoms with van der Waals surface area (Å²) in [5.41, 5.74) is 0.814. The second-order valence-electron chi connectivity index (χ2n) is 5.89. The van der Waals surface area contributed by atoms with Crippen molar-refractivity contribution in [2.24, 2.45) is 0 Å². The van der Waals surface area contributed by atoms with Crippen LogP contribution in [0.1, 0.15) is 15.9 Å². The maximum absolute atomic E-state index is 12.9. The summed E-state index contributed by atoms with van der Waals surface area (Å²) in [5, 5.41) is 0. The van der Waals surface area contributed by atoms with Gasteiger partial charge < -0.3 is 9.47 Å². The molecule has 0 amide bonds. The first-order valence-electron chi connectivity index (χ1n) is 8.39. The largest absolute Gasteiger partial charge is 0.497 e. The van der Waals surface area contributed by atoms with Gasteiger partial charge in [-0.2, -0.15) is 0 Å². The zero-order chi connectivity index (χ0) is 20.1. The zero-order valence-corrected chi connectivity index (χ0v) is 16.2. The molecule has 3 rings (SSSR count). The number of nitrogens with one attached hydrogen (secondary N) is 1. The fourth-order valence-electron chi connectivity index (χ4n) is 2.63. The number of rotatable bonds is 7. The predicted octanol–water partition coefficient (Wildman–Crippen LogP) is 3.74. The minimum Gasteiger partial charge on any atom is -0.497 e. The summed E-state index contributed by atoms with van der Waals surface area (Å²) in [6, 6.07) is 19.2. The van der Waals surface area contributed by atoms with Crippen molar-refractivity contribution in [3.05, 3.63) is 83.9 Å². The van der Waals surface area contributed by atoms with Crippen LogP contribution in [-0.4, -0.2) is 28.4 Å². The smallest absolute Gasteiger partial charge is 0.261 e. The standard InChI is InChI=1S/C21H19NO5S/c1-26-16-8-11-18(12-9-16)28(24,25)22-20-13-10-17(27-2)14-19(20)21(23)15-6-4-3-5-7-15/h3-14,22H,1-2H3. The van der Waals surface area contributed by atoms with Crippen molar-refractivity contribution in [2.75, 3.05) is 18.9 Å². The molecule has 0 fully saturated rings. The first-order chi connectivity index (χ1) is 13.4. The Bertz CT molecular complexity index is 1080. The molecular weight excluding hydrogens is 378 g/mol. The summed E-state index contributed by atoms with van der Waals surface area (Å²) in [7, 11) is -0.915. The minimum absolute atomic E-state index is 0.0576. The zero-order valence-electron chi connectivity index (χ0n) is 15.4. The lowest BCUT2D eigenvalue weighted by Gasteiger charge is -2.14. The fraction of sp³-hybridized carbons (Fsp3) is 0.0952. The number of ether oxygens (including phenoxy) is 2. The molecule has 0 aliphatic rings. The monoisotopic (exact) mass is 397 g/mol. The van der Waals surface area contributed by atoms with Crippen molar-refractivity contribution in [3.63, 3.8) is 0 Å². The number of anilines is 1. The summed E-state index contributed by atoms with van der Waals surface area (Å²) in [4.78, 5) is 13.0. The van der Waals surface area contributed by atoms with Gasteiger partial charge in [0.25, 0.3) is 10.0 Å². The number of hydrogen-bond donors (Lipinski definition) is 1. The van der Waals surface area contributed by atoms with E-state index in [9.17, 15) is 13.2 Å². The SMILES string of the molecule is COc1ccc(S(=O)(=O)Nc2ccc(OC)cc2C(=O)c2ccccc2)cc1. The van der Waals surface area contributed by atoms with E-state index in [0.29, 0.717) is 17.1 Å². The first kappa shape index (κ1) is 19.4. The molecule has 6 nitrogen and oxygen atoms in total. The van der Waals surface area contributed by atoms with Gasteiger partial charge in [0.1, 0.15) is 11.5 Å². The molecule has 0 unspecified atom stereocenters. The fourth-order valence-corrected chi connectivity index (χ4v) is 3.71. The number of methoxy groups -OCH3 is 2. The molecule has 3 aromatic rings. The van der Waals surface area contributed by atoms with Gasteiger partial charge in [0.15, 0.2) is 5.78 Å². The van der Waals surface area contributed by atoms with Crippen LogP contribution in [0.25, 0.3) is 0 Å². The number of carbonyl (C=O) groups is 1. The van der Waals surface area contributed by atoms with Crippen LogP contribution in [0.3, 0.4) is 0 Å². The highest BCUT2D eigenvalue weighted by Crippen LogP contribution is 2.27. The normalized spacial score (nSPS) is 10.9. The third kappa shape index (κ3) is 4.15. The number of ketones is 1. The van der Waals surface area contributed by atoms with E-state index >= 15 is 0 Å². The molecule has 0 aromatic heterocycles. The lowest BCUT2D eigenvalue weighted by Crippen LogP contribution is -2.16. The highest BCUT2D eigenvalue weighted by molar-refractivity contribution is 7.92. The molecule has 3 aromatic carbocycles. The third-order valence-electron chi connectivity index (χ3n) is 4.12. The van der Waals surface area contributed by atoms with E-state index in [-0.39, 0.29) is 21.9 Å². The Morgan fingerprint density at radius 2 is 1.43 bits per heavy atom. The number of sulfonamides is 1. The molecule has 0 bridgehead atoms. The Balaban J connectivity index is 2.00. The molecule has 0 heterocycles. The second-order valence-corrected chi connectivity index (χ2v) is 7.57. The summed E-state index contributed by atoms with van der Waals surface area (Å²) >= 11 is 0. The van der Waals surface area contributed by atoms with Gasteiger partial charge in [-0.3, -0.25) is 9.52 Å². The van der Waals surface area contributed by atoms with Crippen molar-refractivity contribution in [1.29, 1.82) is 0 Å². The number of carbonyl (C=O) groups excluding carboxylic acids is 1. The van der Waals surface area contributed by atoms with Gasteiger partial charge in [-0.25, -0.2) is 8.42 Å². The summed E-state index contributed by atoms with van der Waals surface area (Å²) in [6.45, 7) is 0. The van der Waals surface area contributed by atoms with E-state index in [1.807, 2.05) is 0 Å². The van der Waals surface area contributed by atoms with Crippen LogP contribution in [0.4, 0.5) is 5.69 Å². The van der Waals surface area contributed by atoms with Crippen LogP contribution in [0.2, 0.25) is 0 Å². The van der Waals surface area contributed by atoms with Gasteiger partial charge in [-0.15, -0.1) is 0 Å². The molecule has 28 heavy (non-hydrogen) atoms. The summed E-state index contributed by atoms with van der Waals surface area (Å²) in [5.74, 6) is 0.682. The average Bonchev–Trinajstić information content (AvgIpc) is 2.74. The molecule has 1 N–H and O–H groups in total. The lowest BCUT2D eigenvalue weighted by molar-refractivity contribution is 0.103. The lowest BCUT2D eigenvalue weighted by atomic mass is 10.0. The van der Waals surface area contributed by atoms with Gasteiger partial charge in [0.2, 0.25) is 0 Å². The quantitative estimate of drug-likeness (QED) is 0.614. The molecule has 0 aliphatic carbocycles. The molecule has 0 saturated heterocycles. The van der Waals surface area contributed by atoms with Crippen LogP contribution in [-0.2, 0) is 10.0 Å². The Labute approximate surface area is 163 Å². The molecule has 0 aliphatic heterocycles. The van der Waals surface area contributed by atoms with Crippen LogP contribution in [0.5, 0.6) is 11.5 Å². The molecule has 0 atom stereocenters. The Morgan fingerprint density at radius 3 is 2.04 bits per heavy atom. The van der Waals surface area contributed by atoms with E-state index in [1.54, 1.807) is 48.5 Å². The molecule has 0 spiro atoms. The average molecular weight is 397 g/mol. The Hall–Kier alpha value is -3.32. The van der Waals surface area contributed by atoms with Crippen molar-refractivity contribution < 1.29 is 22.7 Å².